The SMILES string of the molecule is CCc1c(NC(=O)Nc2ccc(OC(F)(F)F)cc2)nc(C(=O)OOC(=O)CBr)n1Cc1ccc(C(F)(F)F)cc1. The second kappa shape index (κ2) is 12.9. The summed E-state index contributed by atoms with van der Waals surface area (Å²) in [7, 11) is 0. The minimum absolute atomic E-state index is 0.0839. The van der Waals surface area contributed by atoms with Crippen LogP contribution in [0.1, 0.15) is 34.4 Å². The van der Waals surface area contributed by atoms with Gasteiger partial charge in [-0.3, -0.25) is 5.32 Å². The number of carbonyl (C=O) groups excluding carboxylic acids is 3. The van der Waals surface area contributed by atoms with Crippen molar-refractivity contribution in [2.45, 2.75) is 32.4 Å². The van der Waals surface area contributed by atoms with Crippen LogP contribution in [0.4, 0.5) is 42.6 Å². The van der Waals surface area contributed by atoms with E-state index in [0.717, 1.165) is 36.4 Å². The first-order valence-corrected chi connectivity index (χ1v) is 12.5. The van der Waals surface area contributed by atoms with E-state index in [1.165, 1.54) is 16.7 Å². The third-order valence-corrected chi connectivity index (χ3v) is 5.57. The summed E-state index contributed by atoms with van der Waals surface area (Å²) in [6.07, 6.45) is -9.30. The van der Waals surface area contributed by atoms with Crippen molar-refractivity contribution < 1.29 is 55.2 Å². The fourth-order valence-electron chi connectivity index (χ4n) is 3.41. The molecule has 2 aromatic carbocycles. The first-order valence-electron chi connectivity index (χ1n) is 11.4. The number of benzene rings is 2. The summed E-state index contributed by atoms with van der Waals surface area (Å²) in [6.45, 7) is 1.46. The average molecular weight is 653 g/mol. The van der Waals surface area contributed by atoms with Gasteiger partial charge in [-0.2, -0.15) is 13.2 Å². The molecule has 1 heterocycles. The third kappa shape index (κ3) is 8.86. The number of rotatable bonds is 8. The number of hydrogen-bond acceptors (Lipinski definition) is 7. The van der Waals surface area contributed by atoms with E-state index in [4.69, 9.17) is 0 Å². The maximum Gasteiger partial charge on any atom is 0.573 e. The summed E-state index contributed by atoms with van der Waals surface area (Å²) < 4.78 is 81.0. The Labute approximate surface area is 235 Å². The molecule has 0 saturated heterocycles. The third-order valence-electron chi connectivity index (χ3n) is 5.11. The van der Waals surface area contributed by atoms with Crippen LogP contribution in [0.5, 0.6) is 5.75 Å². The van der Waals surface area contributed by atoms with E-state index in [0.29, 0.717) is 5.56 Å². The predicted octanol–water partition coefficient (Wildman–Crippen LogP) is 6.07. The molecular formula is C24H19BrF6N4O6. The van der Waals surface area contributed by atoms with Crippen LogP contribution >= 0.6 is 15.9 Å². The van der Waals surface area contributed by atoms with E-state index in [-0.39, 0.29) is 35.5 Å². The van der Waals surface area contributed by atoms with Crippen molar-refractivity contribution in [1.29, 1.82) is 0 Å². The molecular weight excluding hydrogens is 634 g/mol. The van der Waals surface area contributed by atoms with Gasteiger partial charge in [-0.15, -0.1) is 13.2 Å². The zero-order valence-corrected chi connectivity index (χ0v) is 22.3. The summed E-state index contributed by atoms with van der Waals surface area (Å²) in [5.41, 5.74) is -0.233. The lowest BCUT2D eigenvalue weighted by Crippen LogP contribution is -2.21. The topological polar surface area (TPSA) is 121 Å². The van der Waals surface area contributed by atoms with Crippen LogP contribution in [-0.4, -0.2) is 39.2 Å². The van der Waals surface area contributed by atoms with Gasteiger partial charge in [-0.1, -0.05) is 35.0 Å². The Kier molecular flexibility index (Phi) is 9.85. The van der Waals surface area contributed by atoms with Crippen molar-refractivity contribution in [3.63, 3.8) is 0 Å². The van der Waals surface area contributed by atoms with Gasteiger partial charge in [0.15, 0.2) is 5.82 Å². The number of amides is 2. The molecule has 3 rings (SSSR count). The van der Waals surface area contributed by atoms with Crippen molar-refractivity contribution in [3.8, 4) is 5.75 Å². The van der Waals surface area contributed by atoms with E-state index in [1.807, 2.05) is 0 Å². The Morgan fingerprint density at radius 2 is 1.56 bits per heavy atom. The number of halogens is 7. The van der Waals surface area contributed by atoms with Gasteiger partial charge >= 0.3 is 30.5 Å². The van der Waals surface area contributed by atoms with Gasteiger partial charge in [-0.25, -0.2) is 29.1 Å². The fraction of sp³-hybridized carbons (Fsp3) is 0.250. The second-order valence-electron chi connectivity index (χ2n) is 7.98. The van der Waals surface area contributed by atoms with Crippen molar-refractivity contribution in [2.24, 2.45) is 0 Å². The number of carbonyl (C=O) groups is 3. The zero-order valence-electron chi connectivity index (χ0n) is 20.7. The predicted molar refractivity (Wildman–Crippen MR) is 133 cm³/mol. The molecule has 0 aliphatic carbocycles. The molecule has 220 valence electrons. The second-order valence-corrected chi connectivity index (χ2v) is 8.54. The molecule has 0 aliphatic rings. The number of nitrogens with zero attached hydrogens (tertiary/aromatic N) is 2. The molecule has 2 amide bonds. The monoisotopic (exact) mass is 652 g/mol. The van der Waals surface area contributed by atoms with E-state index in [1.54, 1.807) is 6.92 Å². The number of urea groups is 1. The minimum atomic E-state index is -4.90. The molecule has 0 aliphatic heterocycles. The Balaban J connectivity index is 1.86. The lowest BCUT2D eigenvalue weighted by molar-refractivity contribution is -0.274. The summed E-state index contributed by atoms with van der Waals surface area (Å²) >= 11 is 2.82. The van der Waals surface area contributed by atoms with Gasteiger partial charge in [-0.05, 0) is 48.4 Å². The van der Waals surface area contributed by atoms with Crippen LogP contribution < -0.4 is 15.4 Å². The molecule has 0 unspecified atom stereocenters. The molecule has 3 aromatic rings. The lowest BCUT2D eigenvalue weighted by atomic mass is 10.1. The number of alkyl halides is 7. The summed E-state index contributed by atoms with van der Waals surface area (Å²) in [6, 6.07) is 7.42. The molecule has 0 spiro atoms. The number of nitrogens with one attached hydrogen (secondary N) is 2. The lowest BCUT2D eigenvalue weighted by Gasteiger charge is -2.13. The van der Waals surface area contributed by atoms with Crippen molar-refractivity contribution in [1.82, 2.24) is 9.55 Å². The molecule has 2 N–H and O–H groups in total. The standard InChI is InChI=1S/C24H19BrF6N4O6/c1-2-17-19(34-22(38)32-15-7-9-16(10-8-15)39-24(29,30)31)33-20(21(37)41-40-18(36)11-25)35(17)12-13-3-5-14(6-4-13)23(26,27)28/h3-10H,2,11-12H2,1H3,(H2,32,34,38). The van der Waals surface area contributed by atoms with E-state index in [9.17, 15) is 40.7 Å². The quantitative estimate of drug-likeness (QED) is 0.131. The number of ether oxygens (including phenoxy) is 1. The van der Waals surface area contributed by atoms with Gasteiger partial charge in [0.05, 0.1) is 11.3 Å². The van der Waals surface area contributed by atoms with Gasteiger partial charge in [0.2, 0.25) is 5.82 Å². The Morgan fingerprint density at radius 1 is 0.927 bits per heavy atom. The summed E-state index contributed by atoms with van der Waals surface area (Å²) in [5, 5.41) is 4.48. The number of aromatic nitrogens is 2. The fourth-order valence-corrected chi connectivity index (χ4v) is 3.50. The first-order chi connectivity index (χ1) is 19.2. The Hall–Kier alpha value is -4.28. The van der Waals surface area contributed by atoms with Crippen LogP contribution in [0.3, 0.4) is 0 Å². The highest BCUT2D eigenvalue weighted by Gasteiger charge is 2.32. The zero-order chi connectivity index (χ0) is 30.4. The molecule has 0 fully saturated rings. The summed E-state index contributed by atoms with van der Waals surface area (Å²) in [5.74, 6) is -3.29. The number of imidazole rings is 1. The molecule has 41 heavy (non-hydrogen) atoms. The van der Waals surface area contributed by atoms with Crippen LogP contribution in [0, 0.1) is 0 Å². The highest BCUT2D eigenvalue weighted by molar-refractivity contribution is 9.09. The van der Waals surface area contributed by atoms with Crippen LogP contribution in [0.2, 0.25) is 0 Å². The van der Waals surface area contributed by atoms with Crippen molar-refractivity contribution in [2.75, 3.05) is 16.0 Å². The minimum Gasteiger partial charge on any atom is -0.406 e. The molecule has 0 saturated carbocycles. The molecule has 0 atom stereocenters. The Morgan fingerprint density at radius 3 is 2.10 bits per heavy atom. The van der Waals surface area contributed by atoms with E-state index < -0.39 is 47.6 Å². The first kappa shape index (κ1) is 31.3. The largest absolute Gasteiger partial charge is 0.573 e. The van der Waals surface area contributed by atoms with E-state index >= 15 is 0 Å². The maximum atomic E-state index is 13.0. The highest BCUT2D eigenvalue weighted by atomic mass is 79.9. The molecule has 1 aromatic heterocycles. The highest BCUT2D eigenvalue weighted by Crippen LogP contribution is 2.30. The van der Waals surface area contributed by atoms with Crippen LogP contribution in [-0.2, 0) is 33.7 Å². The molecule has 0 bridgehead atoms. The van der Waals surface area contributed by atoms with Gasteiger partial charge in [0.1, 0.15) is 11.1 Å². The molecule has 0 radical (unpaired) electrons. The van der Waals surface area contributed by atoms with Crippen LogP contribution in [0.15, 0.2) is 48.5 Å². The average Bonchev–Trinajstić information content (AvgIpc) is 3.23. The summed E-state index contributed by atoms with van der Waals surface area (Å²) in [4.78, 5) is 49.6. The molecule has 10 nitrogen and oxygen atoms in total. The van der Waals surface area contributed by atoms with Crippen molar-refractivity contribution >= 4 is 45.4 Å². The Bertz CT molecular complexity index is 1390. The number of anilines is 2. The van der Waals surface area contributed by atoms with Crippen molar-refractivity contribution in [3.05, 3.63) is 71.2 Å². The normalized spacial score (nSPS) is 11.5. The smallest absolute Gasteiger partial charge is 0.406 e. The maximum absolute atomic E-state index is 13.0. The van der Waals surface area contributed by atoms with Crippen LogP contribution in [0.25, 0.3) is 0 Å². The number of hydrogen-bond donors (Lipinski definition) is 2. The molecule has 17 heteroatoms. The van der Waals surface area contributed by atoms with Gasteiger partial charge < -0.3 is 14.6 Å². The van der Waals surface area contributed by atoms with E-state index in [2.05, 4.69) is 46.1 Å². The van der Waals surface area contributed by atoms with Gasteiger partial charge in [0.25, 0.3) is 0 Å². The van der Waals surface area contributed by atoms with Gasteiger partial charge in [0, 0.05) is 12.2 Å².